The van der Waals surface area contributed by atoms with Crippen LogP contribution in [-0.2, 0) is 10.8 Å². The van der Waals surface area contributed by atoms with Gasteiger partial charge in [-0.05, 0) is 99.5 Å². The lowest BCUT2D eigenvalue weighted by Crippen LogP contribution is -2.32. The summed E-state index contributed by atoms with van der Waals surface area (Å²) >= 11 is 0. The van der Waals surface area contributed by atoms with E-state index in [9.17, 15) is 0 Å². The second-order valence-electron chi connectivity index (χ2n) is 14.0. The van der Waals surface area contributed by atoms with E-state index in [0.29, 0.717) is 11.8 Å². The Bertz CT molecular complexity index is 1900. The Labute approximate surface area is 269 Å². The molecule has 0 saturated heterocycles. The van der Waals surface area contributed by atoms with Gasteiger partial charge in [0.05, 0.1) is 0 Å². The third-order valence-electron chi connectivity index (χ3n) is 10.5. The Balaban J connectivity index is 1.44. The van der Waals surface area contributed by atoms with Gasteiger partial charge in [0.2, 0.25) is 0 Å². The van der Waals surface area contributed by atoms with Gasteiger partial charge in [0.1, 0.15) is 0 Å². The third kappa shape index (κ3) is 4.95. The normalized spacial score (nSPS) is 20.5. The summed E-state index contributed by atoms with van der Waals surface area (Å²) in [4.78, 5) is 2.42. The van der Waals surface area contributed by atoms with Crippen molar-refractivity contribution in [3.8, 4) is 11.1 Å². The number of hydrogen-bond acceptors (Lipinski definition) is 1. The van der Waals surface area contributed by atoms with Gasteiger partial charge in [-0.1, -0.05) is 143 Å². The molecule has 2 unspecified atom stereocenters. The predicted octanol–water partition coefficient (Wildman–Crippen LogP) is 12.1. The van der Waals surface area contributed by atoms with Crippen LogP contribution in [0.4, 0.5) is 17.1 Å². The largest absolute Gasteiger partial charge is 0.310 e. The fourth-order valence-electron chi connectivity index (χ4n) is 7.93. The number of nitrogens with zero attached hydrogens (tertiary/aromatic N) is 1. The van der Waals surface area contributed by atoms with Gasteiger partial charge in [0, 0.05) is 22.5 Å². The minimum Gasteiger partial charge on any atom is -0.310 e. The first-order valence-electron chi connectivity index (χ1n) is 16.3. The minimum absolute atomic E-state index is 0.0170. The van der Waals surface area contributed by atoms with Crippen molar-refractivity contribution < 1.29 is 0 Å². The zero-order valence-corrected chi connectivity index (χ0v) is 27.4. The molecule has 2 aliphatic rings. The van der Waals surface area contributed by atoms with E-state index in [0.717, 1.165) is 11.4 Å². The molecule has 224 valence electrons. The van der Waals surface area contributed by atoms with Crippen molar-refractivity contribution in [2.24, 2.45) is 5.92 Å². The summed E-state index contributed by atoms with van der Waals surface area (Å²) in [5, 5.41) is 0. The van der Waals surface area contributed by atoms with Crippen molar-refractivity contribution in [2.45, 2.75) is 58.3 Å². The lowest BCUT2D eigenvalue weighted by Gasteiger charge is -2.39. The molecule has 45 heavy (non-hydrogen) atoms. The van der Waals surface area contributed by atoms with Crippen molar-refractivity contribution in [1.82, 2.24) is 0 Å². The summed E-state index contributed by atoms with van der Waals surface area (Å²) in [7, 11) is 0. The Morgan fingerprint density at radius 3 is 1.91 bits per heavy atom. The van der Waals surface area contributed by atoms with Crippen LogP contribution < -0.4 is 4.90 Å². The number of hydrogen-bond donors (Lipinski definition) is 0. The summed E-state index contributed by atoms with van der Waals surface area (Å²) in [6.07, 6.45) is 9.30. The van der Waals surface area contributed by atoms with Crippen LogP contribution >= 0.6 is 0 Å². The highest BCUT2D eigenvalue weighted by atomic mass is 15.1. The summed E-state index contributed by atoms with van der Waals surface area (Å²) in [6.45, 7) is 14.3. The SMILES string of the molecule is Cc1ccc(N(c2ccc(-c3ccccc3)cc2)c2ccc3c(c2)C(C)(C)c2cccc4c2/C=C\C=C/C(C3C)C4(C)C)cc1. The number of benzene rings is 5. The molecule has 4 bridgehead atoms. The molecule has 1 heteroatoms. The van der Waals surface area contributed by atoms with Gasteiger partial charge in [-0.2, -0.15) is 0 Å². The molecular weight excluding hydrogens is 542 g/mol. The molecule has 1 nitrogen and oxygen atoms in total. The number of rotatable bonds is 4. The first-order valence-corrected chi connectivity index (χ1v) is 16.3. The standard InChI is InChI=1S/C44H43N/c1-30-19-23-34(24-20-30)45(35-25-21-33(22-26-35)32-13-8-7-9-14-32)36-27-28-37-31(2)39-16-11-10-15-38-40(43(39,3)4)17-12-18-41(38)44(5,6)42(37)29-36/h7-29,31,39H,1-6H3/b15-10-,16-11-. The average molecular weight is 586 g/mol. The van der Waals surface area contributed by atoms with Crippen molar-refractivity contribution in [1.29, 1.82) is 0 Å². The maximum Gasteiger partial charge on any atom is 0.0464 e. The number of anilines is 3. The first-order chi connectivity index (χ1) is 21.7. The maximum atomic E-state index is 2.48. The molecule has 0 saturated carbocycles. The second-order valence-corrected chi connectivity index (χ2v) is 14.0. The highest BCUT2D eigenvalue weighted by molar-refractivity contribution is 5.79. The van der Waals surface area contributed by atoms with Crippen LogP contribution in [0.1, 0.15) is 73.9 Å². The van der Waals surface area contributed by atoms with Crippen molar-refractivity contribution in [2.75, 3.05) is 4.90 Å². The quantitative estimate of drug-likeness (QED) is 0.203. The fraction of sp³-hybridized carbons (Fsp3) is 0.227. The molecule has 7 rings (SSSR count). The predicted molar refractivity (Wildman–Crippen MR) is 193 cm³/mol. The Kier molecular flexibility index (Phi) is 7.16. The number of aryl methyl sites for hydroxylation is 1. The smallest absolute Gasteiger partial charge is 0.0464 e. The molecule has 5 aromatic rings. The topological polar surface area (TPSA) is 3.24 Å². The zero-order valence-electron chi connectivity index (χ0n) is 27.4. The van der Waals surface area contributed by atoms with E-state index in [1.807, 2.05) is 0 Å². The van der Waals surface area contributed by atoms with Gasteiger partial charge in [0.25, 0.3) is 0 Å². The average Bonchev–Trinajstić information content (AvgIpc) is 3.06. The monoisotopic (exact) mass is 585 g/mol. The lowest BCUT2D eigenvalue weighted by atomic mass is 9.65. The van der Waals surface area contributed by atoms with E-state index in [4.69, 9.17) is 0 Å². The molecule has 0 fully saturated rings. The molecule has 0 aliphatic heterocycles. The van der Waals surface area contributed by atoms with Gasteiger partial charge in [-0.3, -0.25) is 0 Å². The van der Waals surface area contributed by atoms with Gasteiger partial charge in [-0.25, -0.2) is 0 Å². The molecule has 0 amide bonds. The van der Waals surface area contributed by atoms with Crippen LogP contribution in [-0.4, -0.2) is 0 Å². The maximum absolute atomic E-state index is 2.48. The van der Waals surface area contributed by atoms with Gasteiger partial charge in [-0.15, -0.1) is 0 Å². The molecule has 0 N–H and O–H groups in total. The first kappa shape index (κ1) is 29.1. The molecule has 0 spiro atoms. The summed E-state index contributed by atoms with van der Waals surface area (Å²) in [5.41, 5.74) is 14.0. The van der Waals surface area contributed by atoms with Crippen LogP contribution in [0.25, 0.3) is 17.2 Å². The van der Waals surface area contributed by atoms with E-state index in [2.05, 4.69) is 186 Å². The van der Waals surface area contributed by atoms with E-state index in [1.54, 1.807) is 0 Å². The van der Waals surface area contributed by atoms with Crippen LogP contribution in [0, 0.1) is 12.8 Å². The summed E-state index contributed by atoms with van der Waals surface area (Å²) in [5.74, 6) is 0.694. The molecular formula is C44H43N. The van der Waals surface area contributed by atoms with Crippen molar-refractivity contribution >= 4 is 23.1 Å². The Morgan fingerprint density at radius 1 is 0.578 bits per heavy atom. The van der Waals surface area contributed by atoms with E-state index in [-0.39, 0.29) is 10.8 Å². The van der Waals surface area contributed by atoms with Crippen LogP contribution in [0.3, 0.4) is 0 Å². The molecule has 0 radical (unpaired) electrons. The third-order valence-corrected chi connectivity index (χ3v) is 10.5. The van der Waals surface area contributed by atoms with Gasteiger partial charge < -0.3 is 4.90 Å². The number of fused-ring (bicyclic) bond motifs is 2. The lowest BCUT2D eigenvalue weighted by molar-refractivity contribution is 0.336. The molecule has 2 aliphatic carbocycles. The van der Waals surface area contributed by atoms with E-state index >= 15 is 0 Å². The van der Waals surface area contributed by atoms with E-state index in [1.165, 1.54) is 50.2 Å². The molecule has 0 heterocycles. The second kappa shape index (κ2) is 11.1. The van der Waals surface area contributed by atoms with E-state index < -0.39 is 0 Å². The highest BCUT2D eigenvalue weighted by Crippen LogP contribution is 2.51. The zero-order chi connectivity index (χ0) is 31.3. The van der Waals surface area contributed by atoms with Gasteiger partial charge >= 0.3 is 0 Å². The highest BCUT2D eigenvalue weighted by Gasteiger charge is 2.41. The Hall–Kier alpha value is -4.62. The summed E-state index contributed by atoms with van der Waals surface area (Å²) < 4.78 is 0. The minimum atomic E-state index is -0.208. The fourth-order valence-corrected chi connectivity index (χ4v) is 7.93. The van der Waals surface area contributed by atoms with Crippen molar-refractivity contribution in [3.05, 3.63) is 167 Å². The Morgan fingerprint density at radius 2 is 1.20 bits per heavy atom. The molecule has 0 aromatic heterocycles. The van der Waals surface area contributed by atoms with Crippen LogP contribution in [0.5, 0.6) is 0 Å². The van der Waals surface area contributed by atoms with Crippen molar-refractivity contribution in [3.63, 3.8) is 0 Å². The molecule has 2 atom stereocenters. The summed E-state index contributed by atoms with van der Waals surface area (Å²) in [6, 6.07) is 42.8. The number of allylic oxidation sites excluding steroid dienone is 3. The van der Waals surface area contributed by atoms with Crippen LogP contribution in [0.2, 0.25) is 0 Å². The van der Waals surface area contributed by atoms with Gasteiger partial charge in [0.15, 0.2) is 0 Å². The molecule has 5 aromatic carbocycles. The van der Waals surface area contributed by atoms with Crippen LogP contribution in [0.15, 0.2) is 133 Å².